The summed E-state index contributed by atoms with van der Waals surface area (Å²) < 4.78 is 9.65. The average Bonchev–Trinajstić information content (AvgIpc) is 2.60. The first-order valence-electron chi connectivity index (χ1n) is 4.99. The maximum atomic E-state index is 5.47. The molecule has 3 heteroatoms. The number of hydrogen-bond donors (Lipinski definition) is 0. The Bertz CT molecular complexity index is 233. The van der Waals surface area contributed by atoms with Crippen LogP contribution >= 0.6 is 0 Å². The number of aromatic nitrogens is 2. The van der Waals surface area contributed by atoms with E-state index in [-0.39, 0.29) is 0 Å². The monoisotopic (exact) mass is 183 g/mol. The minimum absolute atomic E-state index is 0.674. The summed E-state index contributed by atoms with van der Waals surface area (Å²) in [5, 5.41) is 0. The SMILES string of the molecule is CCCCOC[n+]1ccn(CC)c1. The van der Waals surface area contributed by atoms with E-state index in [1.807, 2.05) is 6.20 Å². The Hall–Kier alpha value is -0.830. The lowest BCUT2D eigenvalue weighted by atomic mass is 10.4. The second-order valence-electron chi connectivity index (χ2n) is 3.15. The van der Waals surface area contributed by atoms with Gasteiger partial charge in [0.05, 0.1) is 13.2 Å². The van der Waals surface area contributed by atoms with Crippen molar-refractivity contribution in [2.45, 2.75) is 40.0 Å². The van der Waals surface area contributed by atoms with Crippen LogP contribution < -0.4 is 4.57 Å². The van der Waals surface area contributed by atoms with Crippen molar-refractivity contribution in [3.05, 3.63) is 18.7 Å². The van der Waals surface area contributed by atoms with Gasteiger partial charge in [0, 0.05) is 0 Å². The minimum Gasteiger partial charge on any atom is -0.342 e. The third-order valence-electron chi connectivity index (χ3n) is 1.99. The van der Waals surface area contributed by atoms with E-state index in [1.54, 1.807) is 0 Å². The zero-order valence-electron chi connectivity index (χ0n) is 8.57. The normalized spacial score (nSPS) is 10.6. The summed E-state index contributed by atoms with van der Waals surface area (Å²) in [4.78, 5) is 0. The van der Waals surface area contributed by atoms with E-state index in [0.29, 0.717) is 6.73 Å². The fraction of sp³-hybridized carbons (Fsp3) is 0.700. The number of rotatable bonds is 6. The smallest absolute Gasteiger partial charge is 0.245 e. The lowest BCUT2D eigenvalue weighted by molar-refractivity contribution is -0.732. The van der Waals surface area contributed by atoms with Crippen LogP contribution in [0.1, 0.15) is 26.7 Å². The van der Waals surface area contributed by atoms with Gasteiger partial charge in [-0.15, -0.1) is 0 Å². The molecule has 0 atom stereocenters. The van der Waals surface area contributed by atoms with E-state index in [2.05, 4.69) is 35.5 Å². The molecular formula is C10H19N2O+. The van der Waals surface area contributed by atoms with Crippen LogP contribution in [-0.2, 0) is 18.0 Å². The molecule has 0 unspecified atom stereocenters. The Morgan fingerprint density at radius 1 is 1.38 bits per heavy atom. The Kier molecular flexibility index (Phi) is 4.54. The van der Waals surface area contributed by atoms with E-state index in [1.165, 1.54) is 6.42 Å². The van der Waals surface area contributed by atoms with E-state index in [4.69, 9.17) is 4.74 Å². The maximum absolute atomic E-state index is 5.47. The van der Waals surface area contributed by atoms with E-state index in [9.17, 15) is 0 Å². The van der Waals surface area contributed by atoms with Gasteiger partial charge in [-0.25, -0.2) is 9.13 Å². The van der Waals surface area contributed by atoms with Gasteiger partial charge in [0.2, 0.25) is 6.33 Å². The van der Waals surface area contributed by atoms with Gasteiger partial charge in [0.25, 0.3) is 0 Å². The number of hydrogen-bond acceptors (Lipinski definition) is 1. The average molecular weight is 183 g/mol. The summed E-state index contributed by atoms with van der Waals surface area (Å²) in [6.45, 7) is 6.85. The Morgan fingerprint density at radius 3 is 2.85 bits per heavy atom. The van der Waals surface area contributed by atoms with Crippen LogP contribution in [0.5, 0.6) is 0 Å². The van der Waals surface area contributed by atoms with Crippen LogP contribution in [0.2, 0.25) is 0 Å². The quantitative estimate of drug-likeness (QED) is 0.483. The molecule has 0 aromatic carbocycles. The Morgan fingerprint density at radius 2 is 2.23 bits per heavy atom. The van der Waals surface area contributed by atoms with Gasteiger partial charge >= 0.3 is 0 Å². The van der Waals surface area contributed by atoms with Crippen LogP contribution in [-0.4, -0.2) is 11.2 Å². The van der Waals surface area contributed by atoms with Crippen molar-refractivity contribution >= 4 is 0 Å². The summed E-state index contributed by atoms with van der Waals surface area (Å²) in [6.07, 6.45) is 8.50. The molecule has 0 N–H and O–H groups in total. The molecule has 0 aliphatic carbocycles. The predicted octanol–water partition coefficient (Wildman–Crippen LogP) is 1.57. The number of unbranched alkanes of at least 4 members (excludes halogenated alkanes) is 1. The van der Waals surface area contributed by atoms with Gasteiger partial charge in [-0.2, -0.15) is 0 Å². The molecule has 1 aromatic heterocycles. The highest BCUT2D eigenvalue weighted by atomic mass is 16.5. The molecule has 0 fully saturated rings. The maximum Gasteiger partial charge on any atom is 0.245 e. The molecule has 0 amide bonds. The summed E-state index contributed by atoms with van der Waals surface area (Å²) in [6, 6.07) is 0. The fourth-order valence-corrected chi connectivity index (χ4v) is 1.12. The van der Waals surface area contributed by atoms with E-state index >= 15 is 0 Å². The van der Waals surface area contributed by atoms with Crippen molar-refractivity contribution in [2.24, 2.45) is 0 Å². The first-order chi connectivity index (χ1) is 6.36. The second-order valence-corrected chi connectivity index (χ2v) is 3.15. The van der Waals surface area contributed by atoms with Crippen LogP contribution in [0.25, 0.3) is 0 Å². The molecule has 1 heterocycles. The largest absolute Gasteiger partial charge is 0.342 e. The van der Waals surface area contributed by atoms with Crippen molar-refractivity contribution in [3.63, 3.8) is 0 Å². The number of imidazole rings is 1. The molecule has 0 saturated heterocycles. The highest BCUT2D eigenvalue weighted by Crippen LogP contribution is 1.88. The zero-order valence-corrected chi connectivity index (χ0v) is 8.57. The Labute approximate surface area is 79.9 Å². The van der Waals surface area contributed by atoms with Gasteiger partial charge in [-0.05, 0) is 13.3 Å². The third kappa shape index (κ3) is 3.59. The van der Waals surface area contributed by atoms with Crippen molar-refractivity contribution in [1.29, 1.82) is 0 Å². The second kappa shape index (κ2) is 5.75. The summed E-state index contributed by atoms with van der Waals surface area (Å²) in [5.41, 5.74) is 0. The number of nitrogens with zero attached hydrogens (tertiary/aromatic N) is 2. The first-order valence-corrected chi connectivity index (χ1v) is 4.99. The summed E-state index contributed by atoms with van der Waals surface area (Å²) in [5.74, 6) is 0. The Balaban J connectivity index is 2.20. The summed E-state index contributed by atoms with van der Waals surface area (Å²) in [7, 11) is 0. The molecule has 0 radical (unpaired) electrons. The first kappa shape index (κ1) is 10.3. The van der Waals surface area contributed by atoms with Crippen molar-refractivity contribution in [2.75, 3.05) is 6.61 Å². The number of ether oxygens (including phenoxy) is 1. The third-order valence-corrected chi connectivity index (χ3v) is 1.99. The molecular weight excluding hydrogens is 164 g/mol. The molecule has 74 valence electrons. The predicted molar refractivity (Wildman–Crippen MR) is 51.2 cm³/mol. The zero-order chi connectivity index (χ0) is 9.52. The van der Waals surface area contributed by atoms with E-state index < -0.39 is 0 Å². The van der Waals surface area contributed by atoms with Crippen LogP contribution in [0.15, 0.2) is 18.7 Å². The molecule has 0 bridgehead atoms. The van der Waals surface area contributed by atoms with Gasteiger partial charge in [0.1, 0.15) is 12.4 Å². The standard InChI is InChI=1S/C10H19N2O/c1-3-5-8-13-10-12-7-6-11(4-2)9-12/h6-7,9H,3-5,8,10H2,1-2H3/q+1. The minimum atomic E-state index is 0.674. The van der Waals surface area contributed by atoms with Crippen LogP contribution in [0.3, 0.4) is 0 Å². The van der Waals surface area contributed by atoms with Gasteiger partial charge in [0.15, 0.2) is 6.73 Å². The molecule has 0 saturated carbocycles. The summed E-state index contributed by atoms with van der Waals surface area (Å²) >= 11 is 0. The van der Waals surface area contributed by atoms with E-state index in [0.717, 1.165) is 19.6 Å². The van der Waals surface area contributed by atoms with Crippen molar-refractivity contribution in [1.82, 2.24) is 4.57 Å². The molecule has 1 rings (SSSR count). The van der Waals surface area contributed by atoms with Crippen molar-refractivity contribution < 1.29 is 9.30 Å². The van der Waals surface area contributed by atoms with Crippen LogP contribution in [0.4, 0.5) is 0 Å². The lowest BCUT2D eigenvalue weighted by Gasteiger charge is -1.98. The molecule has 13 heavy (non-hydrogen) atoms. The molecule has 1 aromatic rings. The van der Waals surface area contributed by atoms with Gasteiger partial charge in [-0.3, -0.25) is 0 Å². The van der Waals surface area contributed by atoms with Gasteiger partial charge < -0.3 is 4.74 Å². The lowest BCUT2D eigenvalue weighted by Crippen LogP contribution is -2.32. The molecule has 3 nitrogen and oxygen atoms in total. The number of aryl methyl sites for hydroxylation is 1. The topological polar surface area (TPSA) is 18.0 Å². The fourth-order valence-electron chi connectivity index (χ4n) is 1.12. The molecule has 0 spiro atoms. The molecule has 0 aliphatic rings. The van der Waals surface area contributed by atoms with Gasteiger partial charge in [-0.1, -0.05) is 13.3 Å². The van der Waals surface area contributed by atoms with Crippen molar-refractivity contribution in [3.8, 4) is 0 Å². The molecule has 0 aliphatic heterocycles. The van der Waals surface area contributed by atoms with Crippen LogP contribution in [0, 0.1) is 0 Å². The highest BCUT2D eigenvalue weighted by Gasteiger charge is 2.00. The highest BCUT2D eigenvalue weighted by molar-refractivity contribution is 4.64.